The molecule has 5 aromatic rings. The van der Waals surface area contributed by atoms with Crippen LogP contribution >= 0.6 is 11.3 Å². The molecule has 0 fully saturated rings. The van der Waals surface area contributed by atoms with Gasteiger partial charge in [0.05, 0.1) is 28.9 Å². The number of thiophene rings is 1. The van der Waals surface area contributed by atoms with Crippen LogP contribution in [0.3, 0.4) is 0 Å². The van der Waals surface area contributed by atoms with E-state index in [1.54, 1.807) is 37.4 Å². The Hall–Kier alpha value is -4.04. The molecule has 8 heteroatoms. The van der Waals surface area contributed by atoms with Crippen molar-refractivity contribution in [2.75, 3.05) is 17.7 Å². The Kier molecular flexibility index (Phi) is 4.68. The summed E-state index contributed by atoms with van der Waals surface area (Å²) in [6.07, 6.45) is 1.43. The van der Waals surface area contributed by atoms with Crippen molar-refractivity contribution in [2.45, 2.75) is 0 Å². The van der Waals surface area contributed by atoms with Crippen molar-refractivity contribution >= 4 is 55.8 Å². The predicted molar refractivity (Wildman–Crippen MR) is 119 cm³/mol. The van der Waals surface area contributed by atoms with E-state index in [1.165, 1.54) is 6.26 Å². The molecule has 0 atom stereocenters. The number of amides is 2. The average Bonchev–Trinajstić information content (AvgIpc) is 3.52. The molecule has 0 spiro atoms. The molecular formula is C23H16N2O5S. The Morgan fingerprint density at radius 1 is 0.903 bits per heavy atom. The molecule has 0 saturated carbocycles. The number of rotatable bonds is 5. The number of ether oxygens (including phenoxy) is 1. The van der Waals surface area contributed by atoms with Crippen LogP contribution < -0.4 is 15.4 Å². The molecule has 2 amide bonds. The van der Waals surface area contributed by atoms with E-state index in [-0.39, 0.29) is 17.6 Å². The van der Waals surface area contributed by atoms with Crippen LogP contribution in [0.25, 0.3) is 21.9 Å². The van der Waals surface area contributed by atoms with Crippen molar-refractivity contribution in [3.8, 4) is 5.75 Å². The molecule has 0 bridgehead atoms. The minimum atomic E-state index is -0.379. The van der Waals surface area contributed by atoms with Crippen molar-refractivity contribution in [2.24, 2.45) is 0 Å². The van der Waals surface area contributed by atoms with Gasteiger partial charge in [0.2, 0.25) is 0 Å². The molecule has 0 unspecified atom stereocenters. The number of hydrogen-bond acceptors (Lipinski definition) is 6. The molecular weight excluding hydrogens is 416 g/mol. The summed E-state index contributed by atoms with van der Waals surface area (Å²) in [5.41, 5.74) is 1.90. The van der Waals surface area contributed by atoms with Gasteiger partial charge in [-0.1, -0.05) is 18.2 Å². The van der Waals surface area contributed by atoms with E-state index < -0.39 is 0 Å². The first-order chi connectivity index (χ1) is 15.1. The summed E-state index contributed by atoms with van der Waals surface area (Å²) in [5, 5.41) is 7.99. The lowest BCUT2D eigenvalue weighted by Crippen LogP contribution is -2.11. The predicted octanol–water partition coefficient (Wildman–Crippen LogP) is 5.75. The number of carbonyl (C=O) groups excluding carboxylic acids is 2. The Labute approximate surface area is 180 Å². The summed E-state index contributed by atoms with van der Waals surface area (Å²) in [5.74, 6) is 0.0200. The Morgan fingerprint density at radius 3 is 2.58 bits per heavy atom. The number of nitrogens with one attached hydrogen (secondary N) is 2. The van der Waals surface area contributed by atoms with Crippen molar-refractivity contribution < 1.29 is 23.2 Å². The van der Waals surface area contributed by atoms with Gasteiger partial charge in [-0.25, -0.2) is 0 Å². The maximum absolute atomic E-state index is 12.8. The minimum Gasteiger partial charge on any atom is -0.495 e. The summed E-state index contributed by atoms with van der Waals surface area (Å²) in [4.78, 5) is 25.3. The van der Waals surface area contributed by atoms with E-state index in [4.69, 9.17) is 13.6 Å². The van der Waals surface area contributed by atoms with Gasteiger partial charge in [0.25, 0.3) is 11.8 Å². The Balaban J connectivity index is 1.39. The van der Waals surface area contributed by atoms with E-state index >= 15 is 0 Å². The largest absolute Gasteiger partial charge is 0.495 e. The second kappa shape index (κ2) is 7.66. The lowest BCUT2D eigenvalue weighted by molar-refractivity contribution is 0.0995. The molecule has 2 aromatic carbocycles. The molecule has 0 saturated heterocycles. The molecule has 3 aromatic heterocycles. The van der Waals surface area contributed by atoms with Gasteiger partial charge in [-0.3, -0.25) is 9.59 Å². The lowest BCUT2D eigenvalue weighted by atomic mass is 10.1. The number of furan rings is 2. The number of anilines is 2. The summed E-state index contributed by atoms with van der Waals surface area (Å²) < 4.78 is 16.5. The molecule has 0 aliphatic carbocycles. The number of methoxy groups -OCH3 is 1. The topological polar surface area (TPSA) is 93.7 Å². The quantitative estimate of drug-likeness (QED) is 0.369. The standard InChI is InChI=1S/C23H16N2O5S/c1-28-19-11-14-13-5-2-3-6-16(13)30-18(14)12-15(19)24-23(27)20-8-9-21(31-20)25-22(26)17-7-4-10-29-17/h2-12H,1H3,(H,24,27)(H,25,26). The minimum absolute atomic E-state index is 0.197. The van der Waals surface area contributed by atoms with Crippen LogP contribution in [0.2, 0.25) is 0 Å². The highest BCUT2D eigenvalue weighted by atomic mass is 32.1. The molecule has 154 valence electrons. The first kappa shape index (κ1) is 19.0. The lowest BCUT2D eigenvalue weighted by Gasteiger charge is -2.09. The molecule has 7 nitrogen and oxygen atoms in total. The van der Waals surface area contributed by atoms with Crippen LogP contribution in [0.15, 0.2) is 75.8 Å². The smallest absolute Gasteiger partial charge is 0.291 e. The molecule has 5 rings (SSSR count). The van der Waals surface area contributed by atoms with Gasteiger partial charge in [-0.15, -0.1) is 11.3 Å². The van der Waals surface area contributed by atoms with Crippen LogP contribution in [-0.2, 0) is 0 Å². The van der Waals surface area contributed by atoms with E-state index in [1.807, 2.05) is 30.3 Å². The molecule has 31 heavy (non-hydrogen) atoms. The van der Waals surface area contributed by atoms with Gasteiger partial charge in [0.1, 0.15) is 16.9 Å². The number of hydrogen-bond donors (Lipinski definition) is 2. The van der Waals surface area contributed by atoms with Crippen molar-refractivity contribution in [1.82, 2.24) is 0 Å². The van der Waals surface area contributed by atoms with Crippen LogP contribution in [-0.4, -0.2) is 18.9 Å². The third-order valence-electron chi connectivity index (χ3n) is 4.76. The maximum Gasteiger partial charge on any atom is 0.291 e. The second-order valence-corrected chi connectivity index (χ2v) is 7.78. The summed E-state index contributed by atoms with van der Waals surface area (Å²) >= 11 is 1.16. The molecule has 3 heterocycles. The number of para-hydroxylation sites is 1. The van der Waals surface area contributed by atoms with Crippen LogP contribution in [0.1, 0.15) is 20.2 Å². The normalized spacial score (nSPS) is 11.0. The van der Waals surface area contributed by atoms with E-state index in [2.05, 4.69) is 10.6 Å². The zero-order chi connectivity index (χ0) is 21.4. The van der Waals surface area contributed by atoms with E-state index in [9.17, 15) is 9.59 Å². The van der Waals surface area contributed by atoms with Crippen LogP contribution in [0, 0.1) is 0 Å². The zero-order valence-corrected chi connectivity index (χ0v) is 17.1. The van der Waals surface area contributed by atoms with Crippen LogP contribution in [0.4, 0.5) is 10.7 Å². The maximum atomic E-state index is 12.8. The fourth-order valence-electron chi connectivity index (χ4n) is 3.31. The molecule has 2 N–H and O–H groups in total. The first-order valence-corrected chi connectivity index (χ1v) is 10.2. The first-order valence-electron chi connectivity index (χ1n) is 9.38. The van der Waals surface area contributed by atoms with Gasteiger partial charge < -0.3 is 24.2 Å². The summed E-state index contributed by atoms with van der Waals surface area (Å²) in [6.45, 7) is 0. The fraction of sp³-hybridized carbons (Fsp3) is 0.0435. The summed E-state index contributed by atoms with van der Waals surface area (Å²) in [7, 11) is 1.55. The zero-order valence-electron chi connectivity index (χ0n) is 16.3. The van der Waals surface area contributed by atoms with E-state index in [0.717, 1.165) is 27.7 Å². The third kappa shape index (κ3) is 3.53. The Bertz CT molecular complexity index is 1410. The van der Waals surface area contributed by atoms with Gasteiger partial charge >= 0.3 is 0 Å². The number of carbonyl (C=O) groups is 2. The monoisotopic (exact) mass is 432 g/mol. The highest BCUT2D eigenvalue weighted by molar-refractivity contribution is 7.18. The van der Waals surface area contributed by atoms with Gasteiger partial charge in [-0.05, 0) is 36.4 Å². The molecule has 0 radical (unpaired) electrons. The van der Waals surface area contributed by atoms with Crippen molar-refractivity contribution in [3.63, 3.8) is 0 Å². The van der Waals surface area contributed by atoms with Crippen molar-refractivity contribution in [3.05, 3.63) is 77.6 Å². The van der Waals surface area contributed by atoms with Gasteiger partial charge in [0, 0.05) is 16.8 Å². The molecule has 0 aliphatic rings. The van der Waals surface area contributed by atoms with Gasteiger partial charge in [-0.2, -0.15) is 0 Å². The third-order valence-corrected chi connectivity index (χ3v) is 5.76. The highest BCUT2D eigenvalue weighted by Crippen LogP contribution is 2.36. The van der Waals surface area contributed by atoms with Crippen molar-refractivity contribution in [1.29, 1.82) is 0 Å². The Morgan fingerprint density at radius 2 is 1.77 bits per heavy atom. The second-order valence-electron chi connectivity index (χ2n) is 6.70. The number of fused-ring (bicyclic) bond motifs is 3. The fourth-order valence-corrected chi connectivity index (χ4v) is 4.11. The van der Waals surface area contributed by atoms with Gasteiger partial charge in [0.15, 0.2) is 5.76 Å². The summed E-state index contributed by atoms with van der Waals surface area (Å²) in [6, 6.07) is 17.8. The SMILES string of the molecule is COc1cc2c(cc1NC(=O)c1ccc(NC(=O)c3ccco3)s1)oc1ccccc12. The molecule has 0 aliphatic heterocycles. The van der Waals surface area contributed by atoms with Crippen LogP contribution in [0.5, 0.6) is 5.75 Å². The highest BCUT2D eigenvalue weighted by Gasteiger charge is 2.17. The average molecular weight is 432 g/mol. The van der Waals surface area contributed by atoms with E-state index in [0.29, 0.717) is 26.9 Å². The number of benzene rings is 2.